The van der Waals surface area contributed by atoms with Crippen LogP contribution in [0.25, 0.3) is 16.9 Å². The van der Waals surface area contributed by atoms with E-state index in [0.717, 1.165) is 22.6 Å². The average molecular weight is 358 g/mol. The molecule has 0 aliphatic carbocycles. The van der Waals surface area contributed by atoms with E-state index in [1.165, 1.54) is 0 Å². The van der Waals surface area contributed by atoms with Crippen LogP contribution in [0.15, 0.2) is 73.2 Å². The normalized spacial score (nSPS) is 10.7. The number of rotatable bonds is 5. The van der Waals surface area contributed by atoms with Gasteiger partial charge in [0.25, 0.3) is 0 Å². The maximum Gasteiger partial charge on any atom is 0.229 e. The Labute approximate surface area is 156 Å². The highest BCUT2D eigenvalue weighted by Crippen LogP contribution is 2.20. The zero-order valence-corrected chi connectivity index (χ0v) is 14.8. The van der Waals surface area contributed by atoms with Crippen molar-refractivity contribution < 1.29 is 9.53 Å². The zero-order valence-electron chi connectivity index (χ0n) is 14.8. The van der Waals surface area contributed by atoms with Crippen LogP contribution in [0.5, 0.6) is 5.75 Å². The van der Waals surface area contributed by atoms with E-state index in [2.05, 4.69) is 15.3 Å². The molecule has 1 amide bonds. The van der Waals surface area contributed by atoms with E-state index < -0.39 is 0 Å². The first-order chi connectivity index (χ1) is 13.2. The van der Waals surface area contributed by atoms with Crippen LogP contribution >= 0.6 is 0 Å². The molecule has 6 heteroatoms. The van der Waals surface area contributed by atoms with Crippen LogP contribution < -0.4 is 10.1 Å². The molecule has 0 saturated heterocycles. The quantitative estimate of drug-likeness (QED) is 0.592. The molecule has 0 aliphatic rings. The molecule has 0 atom stereocenters. The highest BCUT2D eigenvalue weighted by molar-refractivity contribution is 5.91. The van der Waals surface area contributed by atoms with Gasteiger partial charge in [0.2, 0.25) is 5.91 Å². The SMILES string of the molecule is COc1cccc(CC(=O)Nc2cnc3cnc(-c4ccccc4)cn23)c1. The number of imidazole rings is 1. The summed E-state index contributed by atoms with van der Waals surface area (Å²) in [5.74, 6) is 1.22. The van der Waals surface area contributed by atoms with Crippen molar-refractivity contribution in [3.63, 3.8) is 0 Å². The van der Waals surface area contributed by atoms with Crippen LogP contribution in [0.4, 0.5) is 5.82 Å². The van der Waals surface area contributed by atoms with Gasteiger partial charge in [-0.15, -0.1) is 0 Å². The van der Waals surface area contributed by atoms with Crippen LogP contribution in [0, 0.1) is 0 Å². The molecule has 4 rings (SSSR count). The molecule has 1 N–H and O–H groups in total. The van der Waals surface area contributed by atoms with Crippen molar-refractivity contribution in [3.05, 3.63) is 78.8 Å². The number of nitrogens with one attached hydrogen (secondary N) is 1. The second-order valence-electron chi connectivity index (χ2n) is 6.09. The number of nitrogens with zero attached hydrogens (tertiary/aromatic N) is 3. The Balaban J connectivity index is 1.57. The van der Waals surface area contributed by atoms with E-state index in [1.54, 1.807) is 19.5 Å². The molecular weight excluding hydrogens is 340 g/mol. The molecule has 2 aromatic heterocycles. The fraction of sp³-hybridized carbons (Fsp3) is 0.0952. The molecule has 2 heterocycles. The van der Waals surface area contributed by atoms with Gasteiger partial charge in [-0.25, -0.2) is 4.98 Å². The largest absolute Gasteiger partial charge is 0.497 e. The molecule has 0 unspecified atom stereocenters. The number of benzene rings is 2. The first kappa shape index (κ1) is 16.8. The van der Waals surface area contributed by atoms with Crippen molar-refractivity contribution in [2.24, 2.45) is 0 Å². The van der Waals surface area contributed by atoms with Crippen molar-refractivity contribution in [1.29, 1.82) is 0 Å². The van der Waals surface area contributed by atoms with Crippen LogP contribution in [0.3, 0.4) is 0 Å². The topological polar surface area (TPSA) is 68.5 Å². The first-order valence-electron chi connectivity index (χ1n) is 8.54. The monoisotopic (exact) mass is 358 g/mol. The Hall–Kier alpha value is -3.67. The summed E-state index contributed by atoms with van der Waals surface area (Å²) in [5, 5.41) is 2.92. The van der Waals surface area contributed by atoms with E-state index in [-0.39, 0.29) is 12.3 Å². The number of hydrogen-bond donors (Lipinski definition) is 1. The van der Waals surface area contributed by atoms with Crippen LogP contribution in [-0.2, 0) is 11.2 Å². The third-order valence-electron chi connectivity index (χ3n) is 4.23. The van der Waals surface area contributed by atoms with Gasteiger partial charge in [0.05, 0.1) is 31.6 Å². The van der Waals surface area contributed by atoms with E-state index in [9.17, 15) is 4.79 Å². The number of methoxy groups -OCH3 is 1. The molecule has 0 fully saturated rings. The number of aromatic nitrogens is 3. The van der Waals surface area contributed by atoms with Crippen molar-refractivity contribution in [3.8, 4) is 17.0 Å². The van der Waals surface area contributed by atoms with Gasteiger partial charge in [0.15, 0.2) is 5.65 Å². The molecule has 27 heavy (non-hydrogen) atoms. The van der Waals surface area contributed by atoms with Crippen LogP contribution in [-0.4, -0.2) is 27.4 Å². The smallest absolute Gasteiger partial charge is 0.229 e. The number of carbonyl (C=O) groups is 1. The van der Waals surface area contributed by atoms with Crippen molar-refractivity contribution in [2.75, 3.05) is 12.4 Å². The standard InChI is InChI=1S/C21H18N4O2/c1-27-17-9-5-6-15(10-17)11-21(26)24-20-13-23-19-12-22-18(14-25(19)20)16-7-3-2-4-8-16/h2-10,12-14H,11H2,1H3,(H,24,26). The highest BCUT2D eigenvalue weighted by Gasteiger charge is 2.10. The minimum absolute atomic E-state index is 0.122. The van der Waals surface area contributed by atoms with E-state index in [0.29, 0.717) is 11.5 Å². The van der Waals surface area contributed by atoms with Gasteiger partial charge in [0.1, 0.15) is 11.6 Å². The summed E-state index contributed by atoms with van der Waals surface area (Å²) >= 11 is 0. The Kier molecular flexibility index (Phi) is 4.53. The summed E-state index contributed by atoms with van der Waals surface area (Å²) in [5.41, 5.74) is 3.37. The Morgan fingerprint density at radius 2 is 1.93 bits per heavy atom. The summed E-state index contributed by atoms with van der Waals surface area (Å²) in [4.78, 5) is 21.2. The third kappa shape index (κ3) is 3.64. The molecule has 6 nitrogen and oxygen atoms in total. The van der Waals surface area contributed by atoms with Crippen molar-refractivity contribution >= 4 is 17.4 Å². The lowest BCUT2D eigenvalue weighted by atomic mass is 10.1. The van der Waals surface area contributed by atoms with Gasteiger partial charge >= 0.3 is 0 Å². The van der Waals surface area contributed by atoms with Gasteiger partial charge in [-0.1, -0.05) is 42.5 Å². The molecular formula is C21H18N4O2. The summed E-state index contributed by atoms with van der Waals surface area (Å²) < 4.78 is 7.03. The first-order valence-corrected chi connectivity index (χ1v) is 8.54. The minimum atomic E-state index is -0.122. The Morgan fingerprint density at radius 3 is 2.74 bits per heavy atom. The van der Waals surface area contributed by atoms with Gasteiger partial charge in [0, 0.05) is 11.8 Å². The average Bonchev–Trinajstić information content (AvgIpc) is 3.10. The number of anilines is 1. The second-order valence-corrected chi connectivity index (χ2v) is 6.09. The predicted octanol–water partition coefficient (Wildman–Crippen LogP) is 3.59. The van der Waals surface area contributed by atoms with Crippen LogP contribution in [0.2, 0.25) is 0 Å². The lowest BCUT2D eigenvalue weighted by Gasteiger charge is -2.07. The van der Waals surface area contributed by atoms with Crippen molar-refractivity contribution in [1.82, 2.24) is 14.4 Å². The third-order valence-corrected chi connectivity index (χ3v) is 4.23. The van der Waals surface area contributed by atoms with Gasteiger partial charge < -0.3 is 10.1 Å². The number of fused-ring (bicyclic) bond motifs is 1. The summed E-state index contributed by atoms with van der Waals surface area (Å²) in [6, 6.07) is 17.3. The molecule has 0 aliphatic heterocycles. The molecule has 0 bridgehead atoms. The predicted molar refractivity (Wildman–Crippen MR) is 104 cm³/mol. The molecule has 4 aromatic rings. The maximum absolute atomic E-state index is 12.5. The number of amides is 1. The van der Waals surface area contributed by atoms with Crippen molar-refractivity contribution in [2.45, 2.75) is 6.42 Å². The number of hydrogen-bond acceptors (Lipinski definition) is 4. The number of ether oxygens (including phenoxy) is 1. The van der Waals surface area contributed by atoms with Gasteiger partial charge in [-0.2, -0.15) is 0 Å². The van der Waals surface area contributed by atoms with Gasteiger partial charge in [-0.3, -0.25) is 14.2 Å². The van der Waals surface area contributed by atoms with E-state index in [1.807, 2.05) is 65.2 Å². The molecule has 134 valence electrons. The van der Waals surface area contributed by atoms with Crippen LogP contribution in [0.1, 0.15) is 5.56 Å². The van der Waals surface area contributed by atoms with E-state index >= 15 is 0 Å². The maximum atomic E-state index is 12.5. The molecule has 0 radical (unpaired) electrons. The fourth-order valence-electron chi connectivity index (χ4n) is 2.89. The van der Waals surface area contributed by atoms with Gasteiger partial charge in [-0.05, 0) is 17.7 Å². The lowest BCUT2D eigenvalue weighted by Crippen LogP contribution is -2.15. The number of carbonyl (C=O) groups excluding carboxylic acids is 1. The molecule has 0 spiro atoms. The molecule has 2 aromatic carbocycles. The summed E-state index contributed by atoms with van der Waals surface area (Å²) in [7, 11) is 1.61. The fourth-order valence-corrected chi connectivity index (χ4v) is 2.89. The summed E-state index contributed by atoms with van der Waals surface area (Å²) in [6.07, 6.45) is 5.45. The minimum Gasteiger partial charge on any atom is -0.497 e. The summed E-state index contributed by atoms with van der Waals surface area (Å²) in [6.45, 7) is 0. The van der Waals surface area contributed by atoms with E-state index in [4.69, 9.17) is 4.74 Å². The zero-order chi connectivity index (χ0) is 18.6. The molecule has 0 saturated carbocycles. The second kappa shape index (κ2) is 7.29. The lowest BCUT2D eigenvalue weighted by molar-refractivity contribution is -0.115. The highest BCUT2D eigenvalue weighted by atomic mass is 16.5. The Bertz CT molecular complexity index is 1090. The Morgan fingerprint density at radius 1 is 1.07 bits per heavy atom.